The quantitative estimate of drug-likeness (QED) is 0.346. The Kier molecular flexibility index (Phi) is 7.36. The molecule has 178 valence electrons. The third kappa shape index (κ3) is 4.42. The zero-order chi connectivity index (χ0) is 23.6. The summed E-state index contributed by atoms with van der Waals surface area (Å²) in [6, 6.07) is 12.9. The van der Waals surface area contributed by atoms with Gasteiger partial charge in [-0.2, -0.15) is 0 Å². The third-order valence-corrected chi connectivity index (χ3v) is 8.44. The number of fused-ring (bicyclic) bond motifs is 3. The number of ketones is 1. The first-order chi connectivity index (χ1) is 15.8. The van der Waals surface area contributed by atoms with E-state index < -0.39 is 5.54 Å². The maximum absolute atomic E-state index is 13.9. The van der Waals surface area contributed by atoms with Crippen molar-refractivity contribution in [3.63, 3.8) is 0 Å². The van der Waals surface area contributed by atoms with Crippen LogP contribution in [0, 0.1) is 0 Å². The maximum Gasteiger partial charge on any atom is 0.182 e. The van der Waals surface area contributed by atoms with E-state index in [0.29, 0.717) is 0 Å². The first-order valence-corrected chi connectivity index (χ1v) is 13.5. The number of hydrogen-bond acceptors (Lipinski definition) is 2. The van der Waals surface area contributed by atoms with E-state index in [9.17, 15) is 4.79 Å². The summed E-state index contributed by atoms with van der Waals surface area (Å²) in [7, 11) is 0. The summed E-state index contributed by atoms with van der Waals surface area (Å²) in [5, 5.41) is 0.807. The van der Waals surface area contributed by atoms with Crippen molar-refractivity contribution < 1.29 is 4.79 Å². The highest BCUT2D eigenvalue weighted by Crippen LogP contribution is 2.55. The summed E-state index contributed by atoms with van der Waals surface area (Å²) >= 11 is 6.53. The van der Waals surface area contributed by atoms with Crippen molar-refractivity contribution in [2.24, 2.45) is 0 Å². The Hall–Kier alpha value is -1.64. The van der Waals surface area contributed by atoms with Crippen LogP contribution in [0.3, 0.4) is 0 Å². The van der Waals surface area contributed by atoms with Gasteiger partial charge in [-0.05, 0) is 93.1 Å². The van der Waals surface area contributed by atoms with Gasteiger partial charge >= 0.3 is 0 Å². The molecule has 3 heteroatoms. The van der Waals surface area contributed by atoms with Crippen molar-refractivity contribution in [2.75, 3.05) is 13.1 Å². The van der Waals surface area contributed by atoms with Crippen LogP contribution in [0.4, 0.5) is 0 Å². The molecule has 2 nitrogen and oxygen atoms in total. The van der Waals surface area contributed by atoms with E-state index in [1.165, 1.54) is 67.2 Å². The topological polar surface area (TPSA) is 20.3 Å². The molecule has 1 saturated heterocycles. The van der Waals surface area contributed by atoms with Gasteiger partial charge in [0, 0.05) is 16.0 Å². The molecule has 0 atom stereocenters. The van der Waals surface area contributed by atoms with Crippen molar-refractivity contribution >= 4 is 17.4 Å². The lowest BCUT2D eigenvalue weighted by Crippen LogP contribution is -2.52. The van der Waals surface area contributed by atoms with Crippen molar-refractivity contribution in [1.82, 2.24) is 4.90 Å². The highest BCUT2D eigenvalue weighted by atomic mass is 35.5. The fraction of sp³-hybridized carbons (Fsp3) is 0.567. The van der Waals surface area contributed by atoms with Gasteiger partial charge in [-0.25, -0.2) is 0 Å². The smallest absolute Gasteiger partial charge is 0.182 e. The molecule has 1 aliphatic carbocycles. The summed E-state index contributed by atoms with van der Waals surface area (Å²) in [5.74, 6) is 0.251. The molecule has 0 spiro atoms. The standard InChI is InChI=1S/C30H40ClNO/c1-5-7-16-30(17-8-6-2)26-20-22(28(33)29(3,4)32-18-10-9-11-19-32)12-14-24(26)25-15-13-23(31)21-27(25)30/h12-15,20-21H,5-11,16-19H2,1-4H3. The molecule has 1 fully saturated rings. The number of rotatable bonds is 9. The van der Waals surface area contributed by atoms with E-state index in [1.54, 1.807) is 0 Å². The number of piperidine rings is 1. The van der Waals surface area contributed by atoms with Crippen LogP contribution in [0.25, 0.3) is 11.1 Å². The van der Waals surface area contributed by atoms with Crippen molar-refractivity contribution in [3.8, 4) is 11.1 Å². The van der Waals surface area contributed by atoms with Gasteiger partial charge in [0.25, 0.3) is 0 Å². The first kappa shape index (κ1) is 24.5. The Morgan fingerprint density at radius 1 is 0.909 bits per heavy atom. The molecule has 2 aromatic rings. The Labute approximate surface area is 205 Å². The van der Waals surface area contributed by atoms with Crippen LogP contribution >= 0.6 is 11.6 Å². The minimum Gasteiger partial charge on any atom is -0.292 e. The molecule has 0 radical (unpaired) electrons. The molecule has 2 aromatic carbocycles. The second-order valence-corrected chi connectivity index (χ2v) is 11.1. The van der Waals surface area contributed by atoms with Crippen molar-refractivity contribution in [2.45, 2.75) is 96.4 Å². The zero-order valence-electron chi connectivity index (χ0n) is 21.0. The van der Waals surface area contributed by atoms with E-state index in [-0.39, 0.29) is 11.2 Å². The Bertz CT molecular complexity index is 994. The summed E-state index contributed by atoms with van der Waals surface area (Å²) in [6.07, 6.45) is 10.5. The molecular formula is C30H40ClNO. The second kappa shape index (κ2) is 9.92. The van der Waals surface area contributed by atoms with Crippen LogP contribution in [0.1, 0.15) is 107 Å². The fourth-order valence-electron chi connectivity index (χ4n) is 6.18. The number of unbranched alkanes of at least 4 members (excludes halogenated alkanes) is 2. The molecular weight excluding hydrogens is 426 g/mol. The monoisotopic (exact) mass is 465 g/mol. The van der Waals surface area contributed by atoms with Crippen molar-refractivity contribution in [3.05, 3.63) is 58.1 Å². The van der Waals surface area contributed by atoms with Gasteiger partial charge in [0.15, 0.2) is 5.78 Å². The molecule has 0 bridgehead atoms. The van der Waals surface area contributed by atoms with E-state index in [1.807, 2.05) is 6.07 Å². The Morgan fingerprint density at radius 3 is 2.09 bits per heavy atom. The first-order valence-electron chi connectivity index (χ1n) is 13.1. The number of Topliss-reactive ketones (excluding diaryl/α,β-unsaturated/α-hetero) is 1. The lowest BCUT2D eigenvalue weighted by Gasteiger charge is -2.40. The van der Waals surface area contributed by atoms with Crippen molar-refractivity contribution in [1.29, 1.82) is 0 Å². The normalized spacial score (nSPS) is 17.6. The van der Waals surface area contributed by atoms with Gasteiger partial charge in [0.2, 0.25) is 0 Å². The van der Waals surface area contributed by atoms with Crippen LogP contribution < -0.4 is 0 Å². The average molecular weight is 466 g/mol. The Morgan fingerprint density at radius 2 is 1.48 bits per heavy atom. The predicted octanol–water partition coefficient (Wildman–Crippen LogP) is 8.43. The third-order valence-electron chi connectivity index (χ3n) is 8.20. The SMILES string of the molecule is CCCCC1(CCCC)c2cc(Cl)ccc2-c2ccc(C(=O)C(C)(C)N3CCCCC3)cc21. The zero-order valence-corrected chi connectivity index (χ0v) is 21.7. The van der Waals surface area contributed by atoms with Crippen LogP contribution in [-0.4, -0.2) is 29.3 Å². The van der Waals surface area contributed by atoms with Crippen LogP contribution in [0.15, 0.2) is 36.4 Å². The molecule has 2 aliphatic rings. The Balaban J connectivity index is 1.81. The maximum atomic E-state index is 13.9. The van der Waals surface area contributed by atoms with Crippen LogP contribution in [0.2, 0.25) is 5.02 Å². The largest absolute Gasteiger partial charge is 0.292 e. The van der Waals surface area contributed by atoms with Gasteiger partial charge < -0.3 is 0 Å². The minimum absolute atomic E-state index is 0.0485. The van der Waals surface area contributed by atoms with E-state index in [4.69, 9.17) is 11.6 Å². The molecule has 0 aromatic heterocycles. The molecule has 4 rings (SSSR count). The molecule has 33 heavy (non-hydrogen) atoms. The second-order valence-electron chi connectivity index (χ2n) is 10.7. The highest BCUT2D eigenvalue weighted by Gasteiger charge is 2.43. The fourth-order valence-corrected chi connectivity index (χ4v) is 6.35. The molecule has 1 heterocycles. The van der Waals surface area contributed by atoms with Gasteiger partial charge in [0.1, 0.15) is 0 Å². The number of carbonyl (C=O) groups excluding carboxylic acids is 1. The molecule has 1 aliphatic heterocycles. The van der Waals surface area contributed by atoms with Gasteiger partial charge in [0.05, 0.1) is 5.54 Å². The molecule has 0 N–H and O–H groups in total. The number of hydrogen-bond donors (Lipinski definition) is 0. The van der Waals surface area contributed by atoms with Crippen LogP contribution in [-0.2, 0) is 5.41 Å². The number of likely N-dealkylation sites (tertiary alicyclic amines) is 1. The summed E-state index contributed by atoms with van der Waals surface area (Å²) in [5.41, 5.74) is 5.65. The molecule has 0 amide bonds. The number of nitrogens with zero attached hydrogens (tertiary/aromatic N) is 1. The lowest BCUT2D eigenvalue weighted by molar-refractivity contribution is 0.0579. The minimum atomic E-state index is -0.473. The highest BCUT2D eigenvalue weighted by molar-refractivity contribution is 6.30. The van der Waals surface area contributed by atoms with E-state index in [0.717, 1.165) is 36.5 Å². The average Bonchev–Trinajstić information content (AvgIpc) is 3.10. The van der Waals surface area contributed by atoms with Gasteiger partial charge in [-0.15, -0.1) is 0 Å². The number of benzene rings is 2. The summed E-state index contributed by atoms with van der Waals surface area (Å²) in [4.78, 5) is 16.3. The summed E-state index contributed by atoms with van der Waals surface area (Å²) in [6.45, 7) is 10.8. The predicted molar refractivity (Wildman–Crippen MR) is 141 cm³/mol. The lowest BCUT2D eigenvalue weighted by atomic mass is 9.70. The molecule has 0 unspecified atom stereocenters. The van der Waals surface area contributed by atoms with E-state index in [2.05, 4.69) is 62.9 Å². The summed E-state index contributed by atoms with van der Waals surface area (Å²) < 4.78 is 0. The van der Waals surface area contributed by atoms with Crippen LogP contribution in [0.5, 0.6) is 0 Å². The van der Waals surface area contributed by atoms with Gasteiger partial charge in [-0.1, -0.05) is 75.8 Å². The number of carbonyl (C=O) groups is 1. The van der Waals surface area contributed by atoms with E-state index >= 15 is 0 Å². The van der Waals surface area contributed by atoms with Gasteiger partial charge in [-0.3, -0.25) is 9.69 Å². The number of halogens is 1. The molecule has 0 saturated carbocycles.